The summed E-state index contributed by atoms with van der Waals surface area (Å²) < 4.78 is 0. The Balaban J connectivity index is 1.95. The molecule has 2 aromatic heterocycles. The van der Waals surface area contributed by atoms with Crippen LogP contribution in [0.1, 0.15) is 32.9 Å². The van der Waals surface area contributed by atoms with Crippen LogP contribution in [0.3, 0.4) is 0 Å². The fourth-order valence-corrected chi connectivity index (χ4v) is 2.94. The number of hydrogen-bond donors (Lipinski definition) is 2. The lowest BCUT2D eigenvalue weighted by atomic mass is 10.0. The highest BCUT2D eigenvalue weighted by atomic mass is 32.1. The molecule has 2 rings (SSSR count). The largest absolute Gasteiger partial charge is 0.349 e. The van der Waals surface area contributed by atoms with Gasteiger partial charge in [-0.15, -0.1) is 11.3 Å². The molecular formula is C16H21N5O2S. The molecule has 0 unspecified atom stereocenters. The first-order valence-electron chi connectivity index (χ1n) is 7.71. The molecule has 0 aliphatic rings. The number of rotatable bonds is 7. The number of carbonyl (C=O) groups excluding carboxylic acids is 2. The molecule has 128 valence electrons. The highest BCUT2D eigenvalue weighted by Gasteiger charge is 2.20. The topological polar surface area (TPSA) is 96.9 Å². The standard InChI is InChI=1S/C16H21N5O2S/c1-10(2)6-13(20-11(3)22)15(23)19-7-12-9-24-16(21-12)14-8-17-4-5-18-14/h4-5,8-10,13H,6-7H2,1-3H3,(H,19,23)(H,20,22)/t13-/m0/s1. The van der Waals surface area contributed by atoms with E-state index in [1.54, 1.807) is 18.6 Å². The molecule has 0 radical (unpaired) electrons. The zero-order chi connectivity index (χ0) is 17.5. The molecule has 2 N–H and O–H groups in total. The Hall–Kier alpha value is -2.35. The average Bonchev–Trinajstić information content (AvgIpc) is 3.01. The van der Waals surface area contributed by atoms with Gasteiger partial charge in [-0.05, 0) is 12.3 Å². The van der Waals surface area contributed by atoms with E-state index in [4.69, 9.17) is 0 Å². The normalized spacial score (nSPS) is 12.0. The molecule has 0 aliphatic heterocycles. The maximum absolute atomic E-state index is 12.3. The first-order valence-corrected chi connectivity index (χ1v) is 8.59. The number of aromatic nitrogens is 3. The molecular weight excluding hydrogens is 326 g/mol. The van der Waals surface area contributed by atoms with E-state index in [9.17, 15) is 9.59 Å². The van der Waals surface area contributed by atoms with Gasteiger partial charge in [0, 0.05) is 24.7 Å². The molecule has 0 spiro atoms. The summed E-state index contributed by atoms with van der Waals surface area (Å²) in [7, 11) is 0. The zero-order valence-corrected chi connectivity index (χ0v) is 14.8. The molecule has 0 fully saturated rings. The van der Waals surface area contributed by atoms with Gasteiger partial charge in [-0.3, -0.25) is 19.6 Å². The van der Waals surface area contributed by atoms with Crippen LogP contribution in [-0.4, -0.2) is 32.8 Å². The quantitative estimate of drug-likeness (QED) is 0.795. The third-order valence-electron chi connectivity index (χ3n) is 3.18. The lowest BCUT2D eigenvalue weighted by Crippen LogP contribution is -2.46. The van der Waals surface area contributed by atoms with Gasteiger partial charge in [0.05, 0.1) is 18.4 Å². The van der Waals surface area contributed by atoms with Crippen LogP contribution in [0.2, 0.25) is 0 Å². The van der Waals surface area contributed by atoms with Crippen LogP contribution >= 0.6 is 11.3 Å². The maximum atomic E-state index is 12.3. The van der Waals surface area contributed by atoms with Gasteiger partial charge in [0.1, 0.15) is 16.7 Å². The SMILES string of the molecule is CC(=O)N[C@@H](CC(C)C)C(=O)NCc1csc(-c2cnccn2)n1. The van der Waals surface area contributed by atoms with Crippen LogP contribution < -0.4 is 10.6 Å². The van der Waals surface area contributed by atoms with Crippen molar-refractivity contribution in [3.63, 3.8) is 0 Å². The van der Waals surface area contributed by atoms with Gasteiger partial charge in [0.25, 0.3) is 0 Å². The van der Waals surface area contributed by atoms with Crippen LogP contribution in [0.15, 0.2) is 24.0 Å². The van der Waals surface area contributed by atoms with Gasteiger partial charge in [-0.2, -0.15) is 0 Å². The maximum Gasteiger partial charge on any atom is 0.242 e. The Morgan fingerprint density at radius 2 is 2.08 bits per heavy atom. The van der Waals surface area contributed by atoms with Gasteiger partial charge in [0.15, 0.2) is 0 Å². The first kappa shape index (κ1) is 18.0. The van der Waals surface area contributed by atoms with Crippen molar-refractivity contribution in [3.05, 3.63) is 29.7 Å². The van der Waals surface area contributed by atoms with E-state index in [1.165, 1.54) is 18.3 Å². The van der Waals surface area contributed by atoms with Crippen LogP contribution in [0, 0.1) is 5.92 Å². The fraction of sp³-hybridized carbons (Fsp3) is 0.438. The Labute approximate surface area is 144 Å². The number of hydrogen-bond acceptors (Lipinski definition) is 6. The molecule has 8 heteroatoms. The summed E-state index contributed by atoms with van der Waals surface area (Å²) in [6.07, 6.45) is 5.46. The van der Waals surface area contributed by atoms with Gasteiger partial charge >= 0.3 is 0 Å². The van der Waals surface area contributed by atoms with E-state index < -0.39 is 6.04 Å². The summed E-state index contributed by atoms with van der Waals surface area (Å²) >= 11 is 1.45. The van der Waals surface area contributed by atoms with Gasteiger partial charge in [0.2, 0.25) is 11.8 Å². The Bertz CT molecular complexity index is 687. The average molecular weight is 347 g/mol. The molecule has 0 saturated carbocycles. The Kier molecular flexibility index (Phi) is 6.36. The Morgan fingerprint density at radius 3 is 2.71 bits per heavy atom. The summed E-state index contributed by atoms with van der Waals surface area (Å²) in [5, 5.41) is 8.15. The number of nitrogens with one attached hydrogen (secondary N) is 2. The zero-order valence-electron chi connectivity index (χ0n) is 13.9. The summed E-state index contributed by atoms with van der Waals surface area (Å²) in [4.78, 5) is 36.2. The Morgan fingerprint density at radius 1 is 1.29 bits per heavy atom. The van der Waals surface area contributed by atoms with Crippen LogP contribution in [0.5, 0.6) is 0 Å². The second kappa shape index (κ2) is 8.49. The second-order valence-electron chi connectivity index (χ2n) is 5.84. The number of carbonyl (C=O) groups is 2. The van der Waals surface area contributed by atoms with Crippen molar-refractivity contribution in [2.45, 2.75) is 39.8 Å². The second-order valence-corrected chi connectivity index (χ2v) is 6.69. The highest BCUT2D eigenvalue weighted by Crippen LogP contribution is 2.20. The molecule has 0 saturated heterocycles. The lowest BCUT2D eigenvalue weighted by molar-refractivity contribution is -0.128. The molecule has 2 aromatic rings. The van der Waals surface area contributed by atoms with E-state index >= 15 is 0 Å². The molecule has 0 bridgehead atoms. The molecule has 2 heterocycles. The number of nitrogens with zero attached hydrogens (tertiary/aromatic N) is 3. The molecule has 24 heavy (non-hydrogen) atoms. The fourth-order valence-electron chi connectivity index (χ4n) is 2.16. The van der Waals surface area contributed by atoms with Crippen molar-refractivity contribution in [1.29, 1.82) is 0 Å². The predicted molar refractivity (Wildman–Crippen MR) is 92.0 cm³/mol. The summed E-state index contributed by atoms with van der Waals surface area (Å²) in [6, 6.07) is -0.527. The first-order chi connectivity index (χ1) is 11.5. The van der Waals surface area contributed by atoms with E-state index in [2.05, 4.69) is 25.6 Å². The smallest absolute Gasteiger partial charge is 0.242 e. The molecule has 0 aromatic carbocycles. The van der Waals surface area contributed by atoms with Crippen LogP contribution in [0.4, 0.5) is 0 Å². The summed E-state index contributed by atoms with van der Waals surface area (Å²) in [5.41, 5.74) is 1.45. The number of amides is 2. The van der Waals surface area contributed by atoms with Crippen molar-refractivity contribution in [1.82, 2.24) is 25.6 Å². The highest BCUT2D eigenvalue weighted by molar-refractivity contribution is 7.13. The van der Waals surface area contributed by atoms with Crippen molar-refractivity contribution in [3.8, 4) is 10.7 Å². The summed E-state index contributed by atoms with van der Waals surface area (Å²) in [6.45, 7) is 5.74. The van der Waals surface area contributed by atoms with Crippen LogP contribution in [-0.2, 0) is 16.1 Å². The molecule has 1 atom stereocenters. The van der Waals surface area contributed by atoms with Gasteiger partial charge in [-0.1, -0.05) is 13.8 Å². The minimum Gasteiger partial charge on any atom is -0.349 e. The third kappa shape index (κ3) is 5.38. The van der Waals surface area contributed by atoms with Crippen molar-refractivity contribution >= 4 is 23.2 Å². The van der Waals surface area contributed by atoms with E-state index in [1.807, 2.05) is 19.2 Å². The third-order valence-corrected chi connectivity index (χ3v) is 4.09. The van der Waals surface area contributed by atoms with E-state index in [0.717, 1.165) is 10.7 Å². The number of thiazole rings is 1. The van der Waals surface area contributed by atoms with E-state index in [-0.39, 0.29) is 11.8 Å². The van der Waals surface area contributed by atoms with Gasteiger partial charge in [-0.25, -0.2) is 4.98 Å². The minimum absolute atomic E-state index is 0.201. The minimum atomic E-state index is -0.527. The van der Waals surface area contributed by atoms with E-state index in [0.29, 0.717) is 24.6 Å². The van der Waals surface area contributed by atoms with Crippen molar-refractivity contribution in [2.24, 2.45) is 5.92 Å². The molecule has 0 aliphatic carbocycles. The monoisotopic (exact) mass is 347 g/mol. The molecule has 2 amide bonds. The van der Waals surface area contributed by atoms with Crippen LogP contribution in [0.25, 0.3) is 10.7 Å². The van der Waals surface area contributed by atoms with Crippen molar-refractivity contribution in [2.75, 3.05) is 0 Å². The van der Waals surface area contributed by atoms with Crippen molar-refractivity contribution < 1.29 is 9.59 Å². The lowest BCUT2D eigenvalue weighted by Gasteiger charge is -2.19. The molecule has 7 nitrogen and oxygen atoms in total. The van der Waals surface area contributed by atoms with Gasteiger partial charge < -0.3 is 10.6 Å². The summed E-state index contributed by atoms with van der Waals surface area (Å²) in [5.74, 6) is -0.113. The predicted octanol–water partition coefficient (Wildman–Crippen LogP) is 1.77.